The quantitative estimate of drug-likeness (QED) is 0.135. The summed E-state index contributed by atoms with van der Waals surface area (Å²) in [5, 5.41) is 13.8. The van der Waals surface area contributed by atoms with Gasteiger partial charge in [-0.1, -0.05) is 23.7 Å². The number of ether oxygens (including phenoxy) is 2. The summed E-state index contributed by atoms with van der Waals surface area (Å²) < 4.78 is 25.8. The highest BCUT2D eigenvalue weighted by molar-refractivity contribution is 6.31. The van der Waals surface area contributed by atoms with Gasteiger partial charge >= 0.3 is 0 Å². The van der Waals surface area contributed by atoms with E-state index in [-0.39, 0.29) is 18.0 Å². The molecule has 2 aliphatic rings. The minimum atomic E-state index is -0.272. The molecule has 0 aliphatic carbocycles. The molecule has 4 aromatic rings. The van der Waals surface area contributed by atoms with Crippen molar-refractivity contribution in [1.29, 1.82) is 0 Å². The number of hydrogen-bond donors (Lipinski definition) is 6. The van der Waals surface area contributed by atoms with E-state index in [2.05, 4.69) is 37.3 Å². The van der Waals surface area contributed by atoms with Crippen LogP contribution in [-0.4, -0.2) is 49.4 Å². The Labute approximate surface area is 287 Å². The molecule has 2 aliphatic heterocycles. The number of benzene rings is 2. The van der Waals surface area contributed by atoms with Gasteiger partial charge < -0.3 is 42.2 Å². The maximum Gasteiger partial charge on any atom is 0.146 e. The van der Waals surface area contributed by atoms with Crippen molar-refractivity contribution in [2.45, 2.75) is 52.2 Å². The summed E-state index contributed by atoms with van der Waals surface area (Å²) in [4.78, 5) is 8.73. The summed E-state index contributed by atoms with van der Waals surface area (Å²) in [6.07, 6.45) is -0.0625. The molecule has 2 saturated heterocycles. The summed E-state index contributed by atoms with van der Waals surface area (Å²) in [5.74, 6) is -0.272. The summed E-state index contributed by atoms with van der Waals surface area (Å²) in [6.45, 7) is 10.6. The smallest absolute Gasteiger partial charge is 0.146 e. The number of anilines is 2. The number of morpholine rings is 2. The predicted molar refractivity (Wildman–Crippen MR) is 189 cm³/mol. The summed E-state index contributed by atoms with van der Waals surface area (Å²) in [7, 11) is 0. The van der Waals surface area contributed by atoms with Crippen LogP contribution in [0.15, 0.2) is 60.7 Å². The van der Waals surface area contributed by atoms with E-state index in [1.165, 1.54) is 0 Å². The highest BCUT2D eigenvalue weighted by Gasteiger charge is 2.19. The van der Waals surface area contributed by atoms with Crippen LogP contribution < -0.4 is 32.7 Å². The number of nitrogens with two attached hydrogens (primary N) is 2. The van der Waals surface area contributed by atoms with Gasteiger partial charge in [0.1, 0.15) is 5.82 Å². The Morgan fingerprint density at radius 2 is 1.40 bits per heavy atom. The first-order valence-corrected chi connectivity index (χ1v) is 16.7. The van der Waals surface area contributed by atoms with E-state index in [0.29, 0.717) is 51.6 Å². The number of hydrogen-bond acceptors (Lipinski definition) is 10. The molecule has 12 heteroatoms. The average molecular weight is 677 g/mol. The van der Waals surface area contributed by atoms with Crippen molar-refractivity contribution in [1.82, 2.24) is 20.6 Å². The van der Waals surface area contributed by atoms with Crippen LogP contribution in [0.3, 0.4) is 0 Å². The third-order valence-electron chi connectivity index (χ3n) is 8.10. The Hall–Kier alpha value is -3.68. The van der Waals surface area contributed by atoms with Gasteiger partial charge in [-0.2, -0.15) is 0 Å². The highest BCUT2D eigenvalue weighted by atomic mass is 35.5. The fourth-order valence-corrected chi connectivity index (χ4v) is 6.06. The van der Waals surface area contributed by atoms with Gasteiger partial charge in [0.2, 0.25) is 0 Å². The van der Waals surface area contributed by atoms with Crippen molar-refractivity contribution >= 4 is 23.0 Å². The summed E-state index contributed by atoms with van der Waals surface area (Å²) >= 11 is 6.44. The Bertz CT molecular complexity index is 1650. The topological polar surface area (TPSA) is 144 Å². The van der Waals surface area contributed by atoms with Crippen molar-refractivity contribution in [3.05, 3.63) is 117 Å². The SMILES string of the molecule is Cc1cc(CNc2ccc([C@H]3CNCCO3)c(Cl)c2)cc(CN)n1.Cc1cc(CNc2ccc([C@H]3CNCCO3)cc2F)cc(CN)n1. The van der Waals surface area contributed by atoms with Crippen molar-refractivity contribution in [2.75, 3.05) is 50.0 Å². The molecule has 10 nitrogen and oxygen atoms in total. The number of halogens is 2. The second-order valence-electron chi connectivity index (χ2n) is 11.9. The lowest BCUT2D eigenvalue weighted by Crippen LogP contribution is -2.33. The van der Waals surface area contributed by atoms with Crippen LogP contribution in [-0.2, 0) is 35.7 Å². The van der Waals surface area contributed by atoms with Gasteiger partial charge in [0.25, 0.3) is 0 Å². The lowest BCUT2D eigenvalue weighted by Gasteiger charge is -2.25. The summed E-state index contributed by atoms with van der Waals surface area (Å²) in [6, 6.07) is 19.2. The molecule has 0 unspecified atom stereocenters. The minimum Gasteiger partial charge on any atom is -0.381 e. The van der Waals surface area contributed by atoms with Crippen LogP contribution in [0, 0.1) is 19.7 Å². The Kier molecular flexibility index (Phi) is 13.1. The van der Waals surface area contributed by atoms with Gasteiger partial charge in [-0.15, -0.1) is 0 Å². The largest absolute Gasteiger partial charge is 0.381 e. The van der Waals surface area contributed by atoms with E-state index in [9.17, 15) is 4.39 Å². The van der Waals surface area contributed by atoms with Gasteiger partial charge in [0, 0.05) is 80.0 Å². The zero-order valence-electron chi connectivity index (χ0n) is 27.6. The number of aryl methyl sites for hydroxylation is 2. The lowest BCUT2D eigenvalue weighted by atomic mass is 10.1. The second kappa shape index (κ2) is 17.6. The monoisotopic (exact) mass is 676 g/mol. The molecule has 48 heavy (non-hydrogen) atoms. The van der Waals surface area contributed by atoms with Crippen LogP contribution >= 0.6 is 11.6 Å². The van der Waals surface area contributed by atoms with Gasteiger partial charge in [-0.05, 0) is 79.1 Å². The molecule has 0 saturated carbocycles. The molecule has 8 N–H and O–H groups in total. The Morgan fingerprint density at radius 1 is 0.792 bits per heavy atom. The van der Waals surface area contributed by atoms with Crippen molar-refractivity contribution < 1.29 is 13.9 Å². The molecule has 2 aromatic carbocycles. The van der Waals surface area contributed by atoms with Gasteiger partial charge in [0.05, 0.1) is 42.5 Å². The van der Waals surface area contributed by atoms with Gasteiger partial charge in [0.15, 0.2) is 0 Å². The standard InChI is InChI=1S/C18H23ClN4O.C18H23FN4O/c1-12-6-13(7-15(9-20)23-12)10-22-14-2-3-16(17(19)8-14)18-11-21-4-5-24-18;1-12-6-13(7-15(9-20)23-12)10-22-17-3-2-14(8-16(17)19)18-11-21-4-5-24-18/h2*2-3,6-8,18,21-22H,4-5,9-11,20H2,1H3/t2*18-/m11/s1. The van der Waals surface area contributed by atoms with Gasteiger partial charge in [-0.25, -0.2) is 4.39 Å². The van der Waals surface area contributed by atoms with Crippen molar-refractivity contribution in [2.24, 2.45) is 11.5 Å². The van der Waals surface area contributed by atoms with Gasteiger partial charge in [-0.3, -0.25) is 9.97 Å². The first kappa shape index (κ1) is 35.6. The zero-order valence-corrected chi connectivity index (χ0v) is 28.4. The molecule has 2 fully saturated rings. The number of nitrogens with zero attached hydrogens (tertiary/aromatic N) is 2. The molecule has 0 bridgehead atoms. The van der Waals surface area contributed by atoms with Crippen LogP contribution in [0.1, 0.15) is 57.2 Å². The molecular formula is C36H46ClFN8O2. The fraction of sp³-hybridized carbons (Fsp3) is 0.389. The van der Waals surface area contributed by atoms with Crippen LogP contribution in [0.5, 0.6) is 0 Å². The molecule has 0 radical (unpaired) electrons. The molecule has 4 heterocycles. The molecule has 2 atom stereocenters. The molecule has 0 spiro atoms. The number of aromatic nitrogens is 2. The maximum absolute atomic E-state index is 14.4. The number of pyridine rings is 2. The van der Waals surface area contributed by atoms with Crippen LogP contribution in [0.2, 0.25) is 5.02 Å². The lowest BCUT2D eigenvalue weighted by molar-refractivity contribution is 0.0275. The van der Waals surface area contributed by atoms with E-state index in [1.807, 2.05) is 56.3 Å². The highest BCUT2D eigenvalue weighted by Crippen LogP contribution is 2.29. The predicted octanol–water partition coefficient (Wildman–Crippen LogP) is 5.04. The second-order valence-corrected chi connectivity index (χ2v) is 12.3. The molecule has 6 rings (SSSR count). The van der Waals surface area contributed by atoms with E-state index in [4.69, 9.17) is 32.5 Å². The molecule has 0 amide bonds. The Balaban J connectivity index is 0.000000188. The van der Waals surface area contributed by atoms with Crippen molar-refractivity contribution in [3.63, 3.8) is 0 Å². The first-order chi connectivity index (χ1) is 23.3. The fourth-order valence-electron chi connectivity index (χ4n) is 5.76. The number of rotatable bonds is 10. The van der Waals surface area contributed by atoms with E-state index >= 15 is 0 Å². The maximum atomic E-state index is 14.4. The average Bonchev–Trinajstić information content (AvgIpc) is 3.10. The van der Waals surface area contributed by atoms with Crippen LogP contribution in [0.25, 0.3) is 0 Å². The molecular weight excluding hydrogens is 631 g/mol. The third kappa shape index (κ3) is 10.2. The van der Waals surface area contributed by atoms with Crippen molar-refractivity contribution in [3.8, 4) is 0 Å². The minimum absolute atomic E-state index is 0.0234. The number of nitrogens with one attached hydrogen (secondary N) is 4. The zero-order chi connectivity index (χ0) is 33.9. The Morgan fingerprint density at radius 3 is 1.94 bits per heavy atom. The molecule has 2 aromatic heterocycles. The van der Waals surface area contributed by atoms with E-state index in [1.54, 1.807) is 12.1 Å². The van der Waals surface area contributed by atoms with E-state index < -0.39 is 0 Å². The van der Waals surface area contributed by atoms with E-state index in [0.717, 1.165) is 75.4 Å². The van der Waals surface area contributed by atoms with Crippen LogP contribution in [0.4, 0.5) is 15.8 Å². The normalized spacial score (nSPS) is 17.7. The summed E-state index contributed by atoms with van der Waals surface area (Å²) in [5.41, 5.74) is 20.5. The molecule has 256 valence electrons. The first-order valence-electron chi connectivity index (χ1n) is 16.4. The third-order valence-corrected chi connectivity index (χ3v) is 8.43.